The van der Waals surface area contributed by atoms with Crippen molar-refractivity contribution in [1.29, 1.82) is 5.26 Å². The van der Waals surface area contributed by atoms with Crippen LogP contribution in [0.3, 0.4) is 0 Å². The highest BCUT2D eigenvalue weighted by atomic mass is 16.3. The van der Waals surface area contributed by atoms with E-state index in [1.807, 2.05) is 11.9 Å². The molecule has 5 heteroatoms. The van der Waals surface area contributed by atoms with Crippen LogP contribution in [0.15, 0.2) is 24.3 Å². The third kappa shape index (κ3) is 6.89. The predicted molar refractivity (Wildman–Crippen MR) is 82.8 cm³/mol. The Morgan fingerprint density at radius 1 is 1.43 bits per heavy atom. The van der Waals surface area contributed by atoms with Gasteiger partial charge in [-0.3, -0.25) is 4.79 Å². The molecule has 0 spiro atoms. The van der Waals surface area contributed by atoms with Crippen LogP contribution >= 0.6 is 0 Å². The van der Waals surface area contributed by atoms with Gasteiger partial charge in [-0.15, -0.1) is 0 Å². The second kappa shape index (κ2) is 7.77. The summed E-state index contributed by atoms with van der Waals surface area (Å²) >= 11 is 0. The van der Waals surface area contributed by atoms with Crippen molar-refractivity contribution >= 4 is 11.6 Å². The smallest absolute Gasteiger partial charge is 0.224 e. The molecule has 1 aromatic carbocycles. The van der Waals surface area contributed by atoms with Crippen LogP contribution < -0.4 is 5.32 Å². The van der Waals surface area contributed by atoms with Crippen molar-refractivity contribution in [2.24, 2.45) is 0 Å². The lowest BCUT2D eigenvalue weighted by molar-refractivity contribution is -0.116. The molecule has 0 atom stereocenters. The van der Waals surface area contributed by atoms with Gasteiger partial charge in [-0.1, -0.05) is 12.1 Å². The molecular weight excluding hydrogens is 266 g/mol. The fourth-order valence-corrected chi connectivity index (χ4v) is 2.15. The molecule has 114 valence electrons. The van der Waals surface area contributed by atoms with E-state index in [1.54, 1.807) is 38.1 Å². The first-order valence-electron chi connectivity index (χ1n) is 7.02. The van der Waals surface area contributed by atoms with Gasteiger partial charge in [-0.2, -0.15) is 5.26 Å². The molecule has 5 nitrogen and oxygen atoms in total. The molecule has 0 saturated carbocycles. The van der Waals surface area contributed by atoms with E-state index in [0.717, 1.165) is 6.54 Å². The van der Waals surface area contributed by atoms with Gasteiger partial charge in [0.2, 0.25) is 5.91 Å². The predicted octanol–water partition coefficient (Wildman–Crippen LogP) is 1.98. The molecule has 2 N–H and O–H groups in total. The van der Waals surface area contributed by atoms with Gasteiger partial charge in [0.05, 0.1) is 16.9 Å². The van der Waals surface area contributed by atoms with E-state index < -0.39 is 5.60 Å². The van der Waals surface area contributed by atoms with E-state index in [1.165, 1.54) is 0 Å². The largest absolute Gasteiger partial charge is 0.389 e. The third-order valence-corrected chi connectivity index (χ3v) is 2.92. The number of carbonyl (C=O) groups excluding carboxylic acids is 1. The molecule has 0 aliphatic rings. The summed E-state index contributed by atoms with van der Waals surface area (Å²) in [5, 5.41) is 21.4. The number of carbonyl (C=O) groups is 1. The monoisotopic (exact) mass is 289 g/mol. The highest BCUT2D eigenvalue weighted by Crippen LogP contribution is 2.14. The summed E-state index contributed by atoms with van der Waals surface area (Å²) in [5.41, 5.74) is 0.280. The molecule has 0 aliphatic heterocycles. The van der Waals surface area contributed by atoms with Crippen LogP contribution in [0, 0.1) is 11.3 Å². The normalized spacial score (nSPS) is 11.2. The summed E-state index contributed by atoms with van der Waals surface area (Å²) in [6.45, 7) is 4.81. The molecule has 0 saturated heterocycles. The van der Waals surface area contributed by atoms with Crippen molar-refractivity contribution in [3.8, 4) is 6.07 Å². The summed E-state index contributed by atoms with van der Waals surface area (Å²) in [4.78, 5) is 13.9. The number of benzene rings is 1. The fraction of sp³-hybridized carbons (Fsp3) is 0.500. The van der Waals surface area contributed by atoms with Gasteiger partial charge in [0.1, 0.15) is 6.07 Å². The van der Waals surface area contributed by atoms with Crippen molar-refractivity contribution in [1.82, 2.24) is 4.90 Å². The highest BCUT2D eigenvalue weighted by Gasteiger charge is 2.15. The first-order chi connectivity index (χ1) is 9.81. The Balaban J connectivity index is 2.37. The molecule has 1 amide bonds. The Morgan fingerprint density at radius 2 is 2.10 bits per heavy atom. The molecule has 0 aromatic heterocycles. The van der Waals surface area contributed by atoms with E-state index in [0.29, 0.717) is 30.6 Å². The first kappa shape index (κ1) is 17.2. The fourth-order valence-electron chi connectivity index (χ4n) is 2.15. The maximum atomic E-state index is 11.9. The minimum atomic E-state index is -0.733. The molecular formula is C16H23N3O2. The van der Waals surface area contributed by atoms with Gasteiger partial charge in [-0.25, -0.2) is 0 Å². The van der Waals surface area contributed by atoms with Crippen LogP contribution in [0.2, 0.25) is 0 Å². The minimum Gasteiger partial charge on any atom is -0.389 e. The van der Waals surface area contributed by atoms with Crippen LogP contribution in [0.1, 0.15) is 32.3 Å². The van der Waals surface area contributed by atoms with Gasteiger partial charge in [0, 0.05) is 13.0 Å². The number of nitriles is 1. The molecule has 0 aliphatic carbocycles. The Bertz CT molecular complexity index is 515. The van der Waals surface area contributed by atoms with Crippen molar-refractivity contribution in [3.63, 3.8) is 0 Å². The number of rotatable bonds is 7. The summed E-state index contributed by atoms with van der Waals surface area (Å²) < 4.78 is 0. The average Bonchev–Trinajstić information content (AvgIpc) is 2.37. The zero-order valence-corrected chi connectivity index (χ0v) is 12.9. The van der Waals surface area contributed by atoms with Crippen LogP contribution in [0.25, 0.3) is 0 Å². The van der Waals surface area contributed by atoms with Crippen LogP contribution in [-0.2, 0) is 4.79 Å². The molecule has 1 aromatic rings. The Kier molecular flexibility index (Phi) is 6.35. The second-order valence-corrected chi connectivity index (χ2v) is 5.86. The topological polar surface area (TPSA) is 76.4 Å². The Morgan fingerprint density at radius 3 is 2.71 bits per heavy atom. The molecule has 0 radical (unpaired) electrons. The number of hydrogen-bond acceptors (Lipinski definition) is 4. The van der Waals surface area contributed by atoms with Gasteiger partial charge in [0.15, 0.2) is 0 Å². The maximum Gasteiger partial charge on any atom is 0.224 e. The SMILES string of the molecule is CN(CCCC(=O)Nc1ccccc1C#N)CC(C)(C)O. The van der Waals surface area contributed by atoms with Gasteiger partial charge < -0.3 is 15.3 Å². The zero-order valence-electron chi connectivity index (χ0n) is 12.9. The zero-order chi connectivity index (χ0) is 15.9. The van der Waals surface area contributed by atoms with Gasteiger partial charge >= 0.3 is 0 Å². The van der Waals surface area contributed by atoms with Crippen LogP contribution in [0.5, 0.6) is 0 Å². The number of anilines is 1. The summed E-state index contributed by atoms with van der Waals surface area (Å²) in [6, 6.07) is 8.99. The number of nitrogens with one attached hydrogen (secondary N) is 1. The van der Waals surface area contributed by atoms with Crippen LogP contribution in [0.4, 0.5) is 5.69 Å². The van der Waals surface area contributed by atoms with E-state index in [9.17, 15) is 9.90 Å². The lowest BCUT2D eigenvalue weighted by Crippen LogP contribution is -2.36. The van der Waals surface area contributed by atoms with E-state index in [2.05, 4.69) is 11.4 Å². The first-order valence-corrected chi connectivity index (χ1v) is 7.02. The standard InChI is InChI=1S/C16H23N3O2/c1-16(2,21)12-19(3)10-6-9-15(20)18-14-8-5-4-7-13(14)11-17/h4-5,7-8,21H,6,9-10,12H2,1-3H3,(H,18,20). The second-order valence-electron chi connectivity index (χ2n) is 5.86. The number of aliphatic hydroxyl groups is 1. The van der Waals surface area contributed by atoms with Gasteiger partial charge in [0.25, 0.3) is 0 Å². The van der Waals surface area contributed by atoms with E-state index >= 15 is 0 Å². The van der Waals surface area contributed by atoms with E-state index in [4.69, 9.17) is 5.26 Å². The number of hydrogen-bond donors (Lipinski definition) is 2. The Labute approximate surface area is 126 Å². The molecule has 0 bridgehead atoms. The molecule has 1 rings (SSSR count). The molecule has 0 heterocycles. The van der Waals surface area contributed by atoms with Crippen molar-refractivity contribution in [2.75, 3.05) is 25.5 Å². The third-order valence-electron chi connectivity index (χ3n) is 2.92. The van der Waals surface area contributed by atoms with E-state index in [-0.39, 0.29) is 5.91 Å². The van der Waals surface area contributed by atoms with Crippen molar-refractivity contribution in [3.05, 3.63) is 29.8 Å². The summed E-state index contributed by atoms with van der Waals surface area (Å²) in [6.07, 6.45) is 1.09. The lowest BCUT2D eigenvalue weighted by atomic mass is 10.1. The number of likely N-dealkylation sites (N-methyl/N-ethyl adjacent to an activating group) is 1. The van der Waals surface area contributed by atoms with Crippen molar-refractivity contribution in [2.45, 2.75) is 32.3 Å². The minimum absolute atomic E-state index is 0.102. The number of amides is 1. The maximum absolute atomic E-state index is 11.9. The average molecular weight is 289 g/mol. The number of para-hydroxylation sites is 1. The summed E-state index contributed by atoms with van der Waals surface area (Å²) in [7, 11) is 1.92. The summed E-state index contributed by atoms with van der Waals surface area (Å²) in [5.74, 6) is -0.102. The molecule has 0 unspecified atom stereocenters. The molecule has 0 fully saturated rings. The van der Waals surface area contributed by atoms with Gasteiger partial charge in [-0.05, 0) is 46.0 Å². The lowest BCUT2D eigenvalue weighted by Gasteiger charge is -2.25. The molecule has 21 heavy (non-hydrogen) atoms. The quantitative estimate of drug-likeness (QED) is 0.804. The van der Waals surface area contributed by atoms with Crippen molar-refractivity contribution < 1.29 is 9.90 Å². The van der Waals surface area contributed by atoms with Crippen LogP contribution in [-0.4, -0.2) is 41.7 Å². The highest BCUT2D eigenvalue weighted by molar-refractivity contribution is 5.92. The Hall–Kier alpha value is -1.90. The number of nitrogens with zero attached hydrogens (tertiary/aromatic N) is 2.